The van der Waals surface area contributed by atoms with Crippen molar-refractivity contribution in [1.29, 1.82) is 0 Å². The lowest BCUT2D eigenvalue weighted by Gasteiger charge is -2.55. The molecule has 7 nitrogen and oxygen atoms in total. The summed E-state index contributed by atoms with van der Waals surface area (Å²) in [6, 6.07) is 9.89. The predicted octanol–water partition coefficient (Wildman–Crippen LogP) is 4.67. The smallest absolute Gasteiger partial charge is 0.279 e. The highest BCUT2D eigenvalue weighted by Gasteiger charge is 2.45. The monoisotopic (exact) mass is 485 g/mol. The predicted molar refractivity (Wildman–Crippen MR) is 140 cm³/mol. The molecule has 4 heterocycles. The Morgan fingerprint density at radius 1 is 0.778 bits per heavy atom. The molecule has 7 heteroatoms. The van der Waals surface area contributed by atoms with E-state index >= 15 is 0 Å². The van der Waals surface area contributed by atoms with Gasteiger partial charge in [0.1, 0.15) is 0 Å². The van der Waals surface area contributed by atoms with Crippen molar-refractivity contribution in [3.63, 3.8) is 0 Å². The van der Waals surface area contributed by atoms with E-state index in [2.05, 4.69) is 19.9 Å². The van der Waals surface area contributed by atoms with E-state index in [0.29, 0.717) is 17.8 Å². The number of rotatable bonds is 3. The van der Waals surface area contributed by atoms with Crippen LogP contribution in [0.15, 0.2) is 46.2 Å². The fraction of sp³-hybridized carbons (Fsp3) is 0.586. The highest BCUT2D eigenvalue weighted by molar-refractivity contribution is 5.77. The molecule has 4 unspecified atom stereocenters. The van der Waals surface area contributed by atoms with E-state index in [9.17, 15) is 9.59 Å². The lowest BCUT2D eigenvalue weighted by atomic mass is 9.68. The first-order valence-electron chi connectivity index (χ1n) is 14.0. The molecule has 0 radical (unpaired) electrons. The number of aromatic amines is 1. The van der Waals surface area contributed by atoms with Crippen LogP contribution < -0.4 is 11.1 Å². The molecule has 0 spiro atoms. The van der Waals surface area contributed by atoms with E-state index in [-0.39, 0.29) is 22.9 Å². The summed E-state index contributed by atoms with van der Waals surface area (Å²) in [6.45, 7) is 0. The molecule has 4 bridgehead atoms. The number of hydrogen-bond acceptors (Lipinski definition) is 5. The number of nitrogens with one attached hydrogen (secondary N) is 1. The zero-order valence-corrected chi connectivity index (χ0v) is 20.8. The van der Waals surface area contributed by atoms with Crippen molar-refractivity contribution in [2.24, 2.45) is 11.8 Å². The Hall–Kier alpha value is -2.80. The van der Waals surface area contributed by atoms with Gasteiger partial charge in [-0.3, -0.25) is 19.5 Å². The maximum Gasteiger partial charge on any atom is 0.279 e. The Labute approximate surface area is 211 Å². The molecule has 1 N–H and O–H groups in total. The average molecular weight is 486 g/mol. The van der Waals surface area contributed by atoms with Crippen LogP contribution in [0, 0.1) is 11.8 Å². The Morgan fingerprint density at radius 3 is 2.25 bits per heavy atom. The van der Waals surface area contributed by atoms with E-state index in [1.807, 2.05) is 28.8 Å². The van der Waals surface area contributed by atoms with Gasteiger partial charge in [0, 0.05) is 24.2 Å². The molecule has 2 aliphatic heterocycles. The number of aromatic nitrogens is 4. The molecule has 4 atom stereocenters. The molecule has 1 aromatic carbocycles. The van der Waals surface area contributed by atoms with Crippen molar-refractivity contribution in [1.82, 2.24) is 24.4 Å². The van der Waals surface area contributed by atoms with Crippen molar-refractivity contribution < 1.29 is 0 Å². The quantitative estimate of drug-likeness (QED) is 0.583. The van der Waals surface area contributed by atoms with Crippen LogP contribution in [0.2, 0.25) is 0 Å². The Bertz CT molecular complexity index is 1370. The summed E-state index contributed by atoms with van der Waals surface area (Å²) in [5, 5.41) is 0. The number of piperidine rings is 2. The Balaban J connectivity index is 1.27. The van der Waals surface area contributed by atoms with Crippen molar-refractivity contribution in [3.05, 3.63) is 57.4 Å². The molecule has 36 heavy (non-hydrogen) atoms. The van der Waals surface area contributed by atoms with Gasteiger partial charge in [-0.05, 0) is 68.9 Å². The van der Waals surface area contributed by atoms with Crippen LogP contribution in [0.5, 0.6) is 0 Å². The summed E-state index contributed by atoms with van der Waals surface area (Å²) in [6.07, 6.45) is 17.0. The first-order valence-corrected chi connectivity index (χ1v) is 14.0. The first kappa shape index (κ1) is 22.4. The molecule has 0 amide bonds. The second-order valence-corrected chi connectivity index (χ2v) is 11.8. The van der Waals surface area contributed by atoms with Gasteiger partial charge >= 0.3 is 0 Å². The van der Waals surface area contributed by atoms with Crippen molar-refractivity contribution in [3.8, 4) is 11.4 Å². The van der Waals surface area contributed by atoms with Crippen LogP contribution in [0.25, 0.3) is 22.4 Å². The first-order chi connectivity index (χ1) is 17.6. The zero-order chi connectivity index (χ0) is 24.2. The Morgan fingerprint density at radius 2 is 1.50 bits per heavy atom. The van der Waals surface area contributed by atoms with Crippen LogP contribution in [0.1, 0.15) is 76.7 Å². The third kappa shape index (κ3) is 3.83. The number of hydrogen-bond donors (Lipinski definition) is 1. The van der Waals surface area contributed by atoms with Gasteiger partial charge in [0.25, 0.3) is 11.1 Å². The SMILES string of the molecule is O=c1cncc(-c2nc3ccccc3n(C3CC4CCCC(C3)N4C3CC4CCCC(C4)C3)c2=O)[nH]1. The fourth-order valence-corrected chi connectivity index (χ4v) is 8.32. The lowest BCUT2D eigenvalue weighted by Crippen LogP contribution is -2.58. The number of benzene rings is 1. The van der Waals surface area contributed by atoms with Gasteiger partial charge < -0.3 is 9.55 Å². The van der Waals surface area contributed by atoms with Crippen LogP contribution in [-0.2, 0) is 0 Å². The van der Waals surface area contributed by atoms with Gasteiger partial charge in [0.05, 0.1) is 29.1 Å². The summed E-state index contributed by atoms with van der Waals surface area (Å²) in [4.78, 5) is 40.3. The molecular formula is C29H35N5O2. The van der Waals surface area contributed by atoms with E-state index in [4.69, 9.17) is 0 Å². The van der Waals surface area contributed by atoms with Gasteiger partial charge in [-0.25, -0.2) is 4.98 Å². The van der Waals surface area contributed by atoms with Gasteiger partial charge in [0.2, 0.25) is 0 Å². The minimum atomic E-state index is -0.325. The third-order valence-corrected chi connectivity index (χ3v) is 9.60. The molecule has 7 rings (SSSR count). The van der Waals surface area contributed by atoms with Crippen molar-refractivity contribution in [2.75, 3.05) is 0 Å². The van der Waals surface area contributed by atoms with Crippen LogP contribution in [0.4, 0.5) is 0 Å². The second kappa shape index (κ2) is 8.94. The fourth-order valence-electron chi connectivity index (χ4n) is 8.32. The number of nitrogens with zero attached hydrogens (tertiary/aromatic N) is 4. The maximum atomic E-state index is 14.0. The van der Waals surface area contributed by atoms with E-state index in [1.54, 1.807) is 0 Å². The van der Waals surface area contributed by atoms with Crippen LogP contribution >= 0.6 is 0 Å². The molecule has 188 valence electrons. The second-order valence-electron chi connectivity index (χ2n) is 11.8. The molecule has 4 aliphatic rings. The standard InChI is InChI=1S/C29H35N5O2/c35-27-17-30-16-25(31-27)28-29(36)34(26-10-2-1-9-24(26)32-28)23-14-20-7-4-8-21(15-23)33(20)22-12-18-5-3-6-19(11-18)13-22/h1-2,9-10,16-23H,3-8,11-15H2,(H,31,35). The summed E-state index contributed by atoms with van der Waals surface area (Å²) in [7, 11) is 0. The zero-order valence-electron chi connectivity index (χ0n) is 20.8. The number of H-pyrrole nitrogens is 1. The molecule has 2 aliphatic carbocycles. The molecule has 2 aromatic heterocycles. The van der Waals surface area contributed by atoms with Gasteiger partial charge in [-0.2, -0.15) is 0 Å². The highest BCUT2D eigenvalue weighted by atomic mass is 16.1. The third-order valence-electron chi connectivity index (χ3n) is 9.60. The summed E-state index contributed by atoms with van der Waals surface area (Å²) in [5.41, 5.74) is 1.89. The number of fused-ring (bicyclic) bond motifs is 5. The molecule has 2 saturated heterocycles. The van der Waals surface area contributed by atoms with Crippen molar-refractivity contribution >= 4 is 11.0 Å². The normalized spacial score (nSPS) is 32.4. The van der Waals surface area contributed by atoms with E-state index in [1.165, 1.54) is 70.2 Å². The summed E-state index contributed by atoms with van der Waals surface area (Å²) < 4.78 is 2.00. The number of para-hydroxylation sites is 2. The van der Waals surface area contributed by atoms with Crippen molar-refractivity contribution in [2.45, 2.75) is 94.8 Å². The summed E-state index contributed by atoms with van der Waals surface area (Å²) >= 11 is 0. The molecule has 3 aromatic rings. The minimum Gasteiger partial charge on any atom is -0.318 e. The maximum absolute atomic E-state index is 14.0. The highest BCUT2D eigenvalue weighted by Crippen LogP contribution is 2.47. The van der Waals surface area contributed by atoms with Gasteiger partial charge in [-0.1, -0.05) is 37.8 Å². The molecular weight excluding hydrogens is 450 g/mol. The Kier molecular flexibility index (Phi) is 5.57. The van der Waals surface area contributed by atoms with E-state index in [0.717, 1.165) is 41.8 Å². The minimum absolute atomic E-state index is 0.124. The van der Waals surface area contributed by atoms with Gasteiger partial charge in [-0.15, -0.1) is 0 Å². The van der Waals surface area contributed by atoms with E-state index < -0.39 is 0 Å². The lowest BCUT2D eigenvalue weighted by molar-refractivity contribution is -0.0485. The molecule has 2 saturated carbocycles. The average Bonchev–Trinajstić information content (AvgIpc) is 2.87. The van der Waals surface area contributed by atoms with Crippen LogP contribution in [-0.4, -0.2) is 42.5 Å². The van der Waals surface area contributed by atoms with Gasteiger partial charge in [0.15, 0.2) is 5.69 Å². The topological polar surface area (TPSA) is 83.9 Å². The molecule has 4 fully saturated rings. The summed E-state index contributed by atoms with van der Waals surface area (Å²) in [5.74, 6) is 1.86. The largest absolute Gasteiger partial charge is 0.318 e. The van der Waals surface area contributed by atoms with Crippen LogP contribution in [0.3, 0.4) is 0 Å².